The van der Waals surface area contributed by atoms with E-state index in [-0.39, 0.29) is 0 Å². The molecule has 2 nitrogen and oxygen atoms in total. The first-order valence-corrected chi connectivity index (χ1v) is 5.09. The van der Waals surface area contributed by atoms with E-state index in [9.17, 15) is 0 Å². The summed E-state index contributed by atoms with van der Waals surface area (Å²) in [5, 5.41) is 8.85. The van der Waals surface area contributed by atoms with E-state index in [0.717, 1.165) is 12.8 Å². The Kier molecular flexibility index (Phi) is 10.6. The molecule has 3 heteroatoms. The second kappa shape index (κ2) is 8.09. The standard InChI is InChI=1S/C4H9.C2H4O2.Zn/c1-4(2)3;1-2(3)4;/h4H,1H2,2-3H3;1H3,(H,3,4);. The van der Waals surface area contributed by atoms with Crippen molar-refractivity contribution in [3.8, 4) is 0 Å². The van der Waals surface area contributed by atoms with Crippen LogP contribution in [-0.4, -0.2) is 11.1 Å². The summed E-state index contributed by atoms with van der Waals surface area (Å²) in [7, 11) is 0. The fourth-order valence-electron chi connectivity index (χ4n) is 0. The van der Waals surface area contributed by atoms with Crippen LogP contribution in [0.1, 0.15) is 20.8 Å². The summed E-state index contributed by atoms with van der Waals surface area (Å²) in [4.78, 5) is 9.00. The Labute approximate surface area is 66.3 Å². The Balaban J connectivity index is 0. The zero-order valence-electron chi connectivity index (χ0n) is 6.35. The molecule has 0 unspecified atom stereocenters. The van der Waals surface area contributed by atoms with Crippen LogP contribution in [0.15, 0.2) is 0 Å². The second-order valence-corrected chi connectivity index (χ2v) is 3.41. The van der Waals surface area contributed by atoms with Gasteiger partial charge in [0.25, 0.3) is 5.97 Å². The fraction of sp³-hybridized carbons (Fsp3) is 0.833. The predicted octanol–water partition coefficient (Wildman–Crippen LogP) is 1.70. The molecular formula is C6H13O2Zn. The average Bonchev–Trinajstić information content (AvgIpc) is 1.65. The molecule has 0 aliphatic rings. The van der Waals surface area contributed by atoms with E-state index in [2.05, 4.69) is 13.8 Å². The van der Waals surface area contributed by atoms with Gasteiger partial charge in [0.2, 0.25) is 0 Å². The van der Waals surface area contributed by atoms with Gasteiger partial charge in [-0.2, -0.15) is 0 Å². The van der Waals surface area contributed by atoms with Gasteiger partial charge in [0, 0.05) is 6.92 Å². The maximum atomic E-state index is 9.00. The van der Waals surface area contributed by atoms with E-state index >= 15 is 0 Å². The molecule has 0 rings (SSSR count). The minimum absolute atomic E-state index is 0.833. The van der Waals surface area contributed by atoms with E-state index < -0.39 is 5.97 Å². The number of hydrogen-bond acceptors (Lipinski definition) is 1. The Hall–Kier alpha value is 0.0934. The van der Waals surface area contributed by atoms with Crippen LogP contribution in [0, 0.1) is 5.92 Å². The van der Waals surface area contributed by atoms with Gasteiger partial charge < -0.3 is 5.11 Å². The molecule has 9 heavy (non-hydrogen) atoms. The van der Waals surface area contributed by atoms with Gasteiger partial charge in [0.15, 0.2) is 0 Å². The van der Waals surface area contributed by atoms with Gasteiger partial charge in [-0.15, -0.1) is 0 Å². The average molecular weight is 183 g/mol. The molecule has 0 atom stereocenters. The zero-order chi connectivity index (χ0) is 7.86. The van der Waals surface area contributed by atoms with Crippen LogP contribution in [0.2, 0.25) is 5.02 Å². The van der Waals surface area contributed by atoms with Crippen LogP contribution < -0.4 is 0 Å². The van der Waals surface area contributed by atoms with Gasteiger partial charge in [-0.1, -0.05) is 0 Å². The van der Waals surface area contributed by atoms with E-state index in [1.54, 1.807) is 0 Å². The summed E-state index contributed by atoms with van der Waals surface area (Å²) < 4.78 is 0. The summed E-state index contributed by atoms with van der Waals surface area (Å²) in [5.41, 5.74) is 0. The van der Waals surface area contributed by atoms with Crippen LogP contribution in [0.25, 0.3) is 0 Å². The van der Waals surface area contributed by atoms with Crippen molar-refractivity contribution in [2.24, 2.45) is 5.92 Å². The monoisotopic (exact) mass is 181 g/mol. The number of carboxylic acids is 1. The SMILES string of the molecule is CC(=O)O.CC(C)[CH2][Zn]. The first-order valence-electron chi connectivity index (χ1n) is 2.99. The molecule has 1 N–H and O–H groups in total. The molecule has 0 bridgehead atoms. The van der Waals surface area contributed by atoms with Gasteiger partial charge in [-0.05, 0) is 0 Å². The Morgan fingerprint density at radius 3 is 1.78 bits per heavy atom. The zero-order valence-corrected chi connectivity index (χ0v) is 9.31. The molecule has 0 saturated carbocycles. The summed E-state index contributed by atoms with van der Waals surface area (Å²) in [6.07, 6.45) is 0. The molecule has 0 saturated heterocycles. The van der Waals surface area contributed by atoms with Gasteiger partial charge in [-0.3, -0.25) is 4.79 Å². The third-order valence-corrected chi connectivity index (χ3v) is 3.00. The summed E-state index contributed by atoms with van der Waals surface area (Å²) in [6.45, 7) is 5.59. The van der Waals surface area contributed by atoms with Gasteiger partial charge in [-0.25, -0.2) is 0 Å². The number of hydrogen-bond donors (Lipinski definition) is 1. The van der Waals surface area contributed by atoms with Crippen molar-refractivity contribution in [2.45, 2.75) is 25.8 Å². The third kappa shape index (κ3) is 68.6. The normalized spacial score (nSPS) is 8.22. The Morgan fingerprint density at radius 2 is 1.78 bits per heavy atom. The first kappa shape index (κ1) is 11.8. The fourth-order valence-corrected chi connectivity index (χ4v) is 0. The van der Waals surface area contributed by atoms with E-state index in [0.29, 0.717) is 0 Å². The van der Waals surface area contributed by atoms with Crippen LogP contribution in [0.3, 0.4) is 0 Å². The molecule has 0 fully saturated rings. The van der Waals surface area contributed by atoms with Crippen molar-refractivity contribution in [1.82, 2.24) is 0 Å². The molecule has 0 amide bonds. The first-order chi connectivity index (χ1) is 4.00. The molecule has 0 aliphatic heterocycles. The van der Waals surface area contributed by atoms with Gasteiger partial charge >= 0.3 is 43.1 Å². The van der Waals surface area contributed by atoms with Crippen molar-refractivity contribution < 1.29 is 28.2 Å². The number of rotatable bonds is 1. The predicted molar refractivity (Wildman–Crippen MR) is 33.0 cm³/mol. The Morgan fingerprint density at radius 1 is 1.67 bits per heavy atom. The number of carboxylic acid groups (broad SMARTS) is 1. The molecule has 0 spiro atoms. The molecule has 0 aromatic rings. The van der Waals surface area contributed by atoms with Crippen molar-refractivity contribution in [3.05, 3.63) is 0 Å². The van der Waals surface area contributed by atoms with Gasteiger partial charge in [0.1, 0.15) is 0 Å². The van der Waals surface area contributed by atoms with Crippen molar-refractivity contribution >= 4 is 5.97 Å². The van der Waals surface area contributed by atoms with E-state index in [1.165, 1.54) is 23.3 Å². The van der Waals surface area contributed by atoms with Gasteiger partial charge in [0.05, 0.1) is 0 Å². The summed E-state index contributed by atoms with van der Waals surface area (Å²) >= 11 is 1.46. The molecule has 51 valence electrons. The van der Waals surface area contributed by atoms with Crippen LogP contribution >= 0.6 is 0 Å². The van der Waals surface area contributed by atoms with Crippen molar-refractivity contribution in [1.29, 1.82) is 0 Å². The molecule has 0 aliphatic carbocycles. The van der Waals surface area contributed by atoms with Crippen molar-refractivity contribution in [2.75, 3.05) is 0 Å². The third-order valence-electron chi connectivity index (χ3n) is 0.577. The molecular weight excluding hydrogens is 169 g/mol. The molecule has 0 heterocycles. The second-order valence-electron chi connectivity index (χ2n) is 2.20. The quantitative estimate of drug-likeness (QED) is 0.627. The topological polar surface area (TPSA) is 37.3 Å². The summed E-state index contributed by atoms with van der Waals surface area (Å²) in [5.74, 6) is 0.106. The van der Waals surface area contributed by atoms with Crippen LogP contribution in [-0.2, 0) is 23.1 Å². The summed E-state index contributed by atoms with van der Waals surface area (Å²) in [6, 6.07) is 0. The molecule has 0 radical (unpaired) electrons. The maximum absolute atomic E-state index is 9.00. The van der Waals surface area contributed by atoms with Crippen LogP contribution in [0.5, 0.6) is 0 Å². The van der Waals surface area contributed by atoms with E-state index in [4.69, 9.17) is 9.90 Å². The van der Waals surface area contributed by atoms with E-state index in [1.807, 2.05) is 0 Å². The molecule has 0 aromatic heterocycles. The molecule has 0 aromatic carbocycles. The Bertz CT molecular complexity index is 67.5. The number of carbonyl (C=O) groups is 1. The number of aliphatic carboxylic acids is 1. The van der Waals surface area contributed by atoms with Crippen molar-refractivity contribution in [3.63, 3.8) is 0 Å². The minimum atomic E-state index is -0.833. The van der Waals surface area contributed by atoms with Crippen LogP contribution in [0.4, 0.5) is 0 Å².